The van der Waals surface area contributed by atoms with Crippen molar-refractivity contribution >= 4 is 18.3 Å². The van der Waals surface area contributed by atoms with Gasteiger partial charge in [-0.2, -0.15) is 5.26 Å². The molecule has 1 aromatic rings. The number of hydrogen-bond acceptors (Lipinski definition) is 4. The van der Waals surface area contributed by atoms with Gasteiger partial charge in [0.05, 0.1) is 18.2 Å². The molecule has 4 rings (SSSR count). The van der Waals surface area contributed by atoms with Crippen molar-refractivity contribution in [2.45, 2.75) is 51.0 Å². The average molecular weight is 418 g/mol. The molecule has 1 aliphatic carbocycles. The topological polar surface area (TPSA) is 56.6 Å². The number of fused-ring (bicyclic) bond motifs is 3. The van der Waals surface area contributed by atoms with Crippen LogP contribution in [0.2, 0.25) is 0 Å². The number of nitriles is 1. The lowest BCUT2D eigenvalue weighted by atomic mass is 9.83. The number of amides is 1. The van der Waals surface area contributed by atoms with Gasteiger partial charge in [-0.15, -0.1) is 12.4 Å². The Kier molecular flexibility index (Phi) is 7.08. The van der Waals surface area contributed by atoms with Crippen molar-refractivity contribution in [2.24, 2.45) is 11.8 Å². The number of carbonyl (C=O) groups excluding carboxylic acids is 1. The van der Waals surface area contributed by atoms with Crippen LogP contribution in [0.5, 0.6) is 5.75 Å². The van der Waals surface area contributed by atoms with E-state index in [0.29, 0.717) is 17.9 Å². The molecule has 2 fully saturated rings. The van der Waals surface area contributed by atoms with E-state index < -0.39 is 0 Å². The van der Waals surface area contributed by atoms with Crippen molar-refractivity contribution < 1.29 is 9.53 Å². The summed E-state index contributed by atoms with van der Waals surface area (Å²) in [4.78, 5) is 16.1. The minimum Gasteiger partial charge on any atom is -0.493 e. The molecule has 0 bridgehead atoms. The first-order chi connectivity index (χ1) is 13.5. The molecule has 0 unspecified atom stereocenters. The quantitative estimate of drug-likeness (QED) is 0.747. The van der Waals surface area contributed by atoms with E-state index >= 15 is 0 Å². The second-order valence-corrected chi connectivity index (χ2v) is 8.89. The summed E-state index contributed by atoms with van der Waals surface area (Å²) in [5.74, 6) is 2.98. The predicted molar refractivity (Wildman–Crippen MR) is 115 cm³/mol. The summed E-state index contributed by atoms with van der Waals surface area (Å²) in [6.45, 7) is 5.79. The Morgan fingerprint density at radius 2 is 2.03 bits per heavy atom. The second-order valence-electron chi connectivity index (χ2n) is 8.89. The summed E-state index contributed by atoms with van der Waals surface area (Å²) in [7, 11) is 1.94. The number of hydrogen-bond donors (Lipinski definition) is 0. The van der Waals surface area contributed by atoms with Gasteiger partial charge in [-0.25, -0.2) is 0 Å². The summed E-state index contributed by atoms with van der Waals surface area (Å²) >= 11 is 0. The van der Waals surface area contributed by atoms with E-state index in [1.54, 1.807) is 6.92 Å². The van der Waals surface area contributed by atoms with Crippen molar-refractivity contribution in [1.29, 1.82) is 5.26 Å². The van der Waals surface area contributed by atoms with Gasteiger partial charge in [0.25, 0.3) is 0 Å². The second kappa shape index (κ2) is 9.36. The van der Waals surface area contributed by atoms with Gasteiger partial charge in [-0.3, -0.25) is 4.79 Å². The summed E-state index contributed by atoms with van der Waals surface area (Å²) in [6, 6.07) is 8.54. The highest BCUT2D eigenvalue weighted by Crippen LogP contribution is 2.42. The lowest BCUT2D eigenvalue weighted by Crippen LogP contribution is -2.38. The summed E-state index contributed by atoms with van der Waals surface area (Å²) in [5.41, 5.74) is 1.96. The van der Waals surface area contributed by atoms with Crippen LogP contribution in [-0.4, -0.2) is 55.0 Å². The molecule has 29 heavy (non-hydrogen) atoms. The third kappa shape index (κ3) is 4.70. The summed E-state index contributed by atoms with van der Waals surface area (Å²) in [6.07, 6.45) is 6.01. The van der Waals surface area contributed by atoms with Gasteiger partial charge in [0.1, 0.15) is 5.75 Å². The lowest BCUT2D eigenvalue weighted by Gasteiger charge is -2.34. The monoisotopic (exact) mass is 417 g/mol. The van der Waals surface area contributed by atoms with E-state index in [-0.39, 0.29) is 18.3 Å². The Morgan fingerprint density at radius 1 is 1.28 bits per heavy atom. The van der Waals surface area contributed by atoms with Crippen LogP contribution >= 0.6 is 12.4 Å². The van der Waals surface area contributed by atoms with Gasteiger partial charge in [-0.1, -0.05) is 0 Å². The van der Waals surface area contributed by atoms with Gasteiger partial charge >= 0.3 is 0 Å². The number of benzene rings is 1. The lowest BCUT2D eigenvalue weighted by molar-refractivity contribution is -0.130. The number of halogens is 1. The van der Waals surface area contributed by atoms with Crippen molar-refractivity contribution in [1.82, 2.24) is 9.80 Å². The molecule has 0 aromatic heterocycles. The first-order valence-corrected chi connectivity index (χ1v) is 10.7. The molecule has 158 valence electrons. The molecule has 1 aromatic carbocycles. The maximum Gasteiger partial charge on any atom is 0.219 e. The number of nitrogens with zero attached hydrogens (tertiary/aromatic N) is 3. The van der Waals surface area contributed by atoms with Gasteiger partial charge < -0.3 is 14.5 Å². The van der Waals surface area contributed by atoms with Crippen molar-refractivity contribution in [3.63, 3.8) is 0 Å². The van der Waals surface area contributed by atoms with E-state index in [9.17, 15) is 10.1 Å². The highest BCUT2D eigenvalue weighted by molar-refractivity contribution is 5.85. The van der Waals surface area contributed by atoms with Crippen LogP contribution < -0.4 is 4.74 Å². The van der Waals surface area contributed by atoms with E-state index in [2.05, 4.69) is 11.0 Å². The van der Waals surface area contributed by atoms with Crippen LogP contribution in [-0.2, 0) is 4.79 Å². The highest BCUT2D eigenvalue weighted by Gasteiger charge is 2.39. The first kappa shape index (κ1) is 21.9. The van der Waals surface area contributed by atoms with Crippen LogP contribution in [0, 0.1) is 23.2 Å². The Labute approximate surface area is 180 Å². The molecule has 1 saturated heterocycles. The van der Waals surface area contributed by atoms with Crippen LogP contribution in [0.1, 0.15) is 56.1 Å². The fourth-order valence-corrected chi connectivity index (χ4v) is 5.34. The van der Waals surface area contributed by atoms with Crippen molar-refractivity contribution in [3.05, 3.63) is 29.3 Å². The molecule has 0 spiro atoms. The third-order valence-electron chi connectivity index (χ3n) is 7.22. The maximum atomic E-state index is 11.6. The minimum atomic E-state index is 0. The Morgan fingerprint density at radius 3 is 2.72 bits per heavy atom. The van der Waals surface area contributed by atoms with Gasteiger partial charge in [0.15, 0.2) is 0 Å². The predicted octanol–water partition coefficient (Wildman–Crippen LogP) is 3.82. The molecule has 1 saturated carbocycles. The molecule has 3 aliphatic rings. The molecule has 0 N–H and O–H groups in total. The van der Waals surface area contributed by atoms with Gasteiger partial charge in [-0.05, 0) is 62.8 Å². The number of ether oxygens (including phenoxy) is 1. The number of likely N-dealkylation sites (tertiary alicyclic amines) is 1. The van der Waals surface area contributed by atoms with Crippen molar-refractivity contribution in [2.75, 3.05) is 33.3 Å². The third-order valence-corrected chi connectivity index (χ3v) is 7.22. The largest absolute Gasteiger partial charge is 0.493 e. The standard InChI is InChI=1S/C23H31N3O2.ClH/c1-16(27)25(2)20-6-3-17(4-7-20)9-10-26-13-19-15-28-23-8-5-18(12-24)11-21(23)22(19)14-26;/h5,8,11,17,19-20,22H,3-4,6-7,9-10,13-15H2,1-2H3;1H/t17-,19-,20-,22+;/m0./s1. The first-order valence-electron chi connectivity index (χ1n) is 10.7. The Balaban J connectivity index is 0.00000240. The van der Waals surface area contributed by atoms with E-state index in [1.165, 1.54) is 24.8 Å². The van der Waals surface area contributed by atoms with Crippen molar-refractivity contribution in [3.8, 4) is 11.8 Å². The van der Waals surface area contributed by atoms with Gasteiger partial charge in [0, 0.05) is 50.5 Å². The SMILES string of the molecule is CC(=O)N(C)[C@H]1CC[C@H](CCN2C[C@H]3COc4ccc(C#N)cc4[C@@H]3C2)CC1.Cl. The van der Waals surface area contributed by atoms with Crippen LogP contribution in [0.15, 0.2) is 18.2 Å². The zero-order valence-electron chi connectivity index (χ0n) is 17.5. The normalized spacial score (nSPS) is 28.3. The molecule has 1 amide bonds. The summed E-state index contributed by atoms with van der Waals surface area (Å²) in [5, 5.41) is 9.22. The molecule has 2 heterocycles. The number of rotatable bonds is 4. The highest BCUT2D eigenvalue weighted by atomic mass is 35.5. The smallest absolute Gasteiger partial charge is 0.219 e. The van der Waals surface area contributed by atoms with E-state index in [0.717, 1.165) is 56.3 Å². The number of carbonyl (C=O) groups is 1. The fraction of sp³-hybridized carbons (Fsp3) is 0.652. The maximum absolute atomic E-state index is 11.6. The Hall–Kier alpha value is -1.77. The molecule has 2 aliphatic heterocycles. The molecule has 5 nitrogen and oxygen atoms in total. The van der Waals surface area contributed by atoms with E-state index in [1.807, 2.05) is 30.1 Å². The molecule has 6 heteroatoms. The Bertz CT molecular complexity index is 770. The fourth-order valence-electron chi connectivity index (χ4n) is 5.34. The minimum absolute atomic E-state index is 0. The van der Waals surface area contributed by atoms with Crippen LogP contribution in [0.4, 0.5) is 0 Å². The summed E-state index contributed by atoms with van der Waals surface area (Å²) < 4.78 is 5.96. The zero-order chi connectivity index (χ0) is 19.7. The van der Waals surface area contributed by atoms with Crippen LogP contribution in [0.3, 0.4) is 0 Å². The van der Waals surface area contributed by atoms with Gasteiger partial charge in [0.2, 0.25) is 5.91 Å². The zero-order valence-corrected chi connectivity index (χ0v) is 18.3. The molecule has 2 atom stereocenters. The molecular formula is C23H32ClN3O2. The van der Waals surface area contributed by atoms with E-state index in [4.69, 9.17) is 4.74 Å². The van der Waals surface area contributed by atoms with Crippen LogP contribution in [0.25, 0.3) is 0 Å². The molecular weight excluding hydrogens is 386 g/mol. The molecule has 0 radical (unpaired) electrons. The average Bonchev–Trinajstić information content (AvgIpc) is 3.15.